The molecule has 302 valence electrons. The number of ether oxygens (including phenoxy) is 2. The van der Waals surface area contributed by atoms with Crippen LogP contribution < -0.4 is 16.4 Å². The molecular formula is C39H66F2N6O6. The van der Waals surface area contributed by atoms with E-state index >= 15 is 0 Å². The van der Waals surface area contributed by atoms with E-state index < -0.39 is 53.9 Å². The van der Waals surface area contributed by atoms with E-state index in [0.717, 1.165) is 0 Å². The quantitative estimate of drug-likeness (QED) is 0.184. The van der Waals surface area contributed by atoms with Crippen LogP contribution in [0.4, 0.5) is 8.78 Å². The molecule has 0 saturated carbocycles. The lowest BCUT2D eigenvalue weighted by atomic mass is 9.89. The molecule has 0 radical (unpaired) electrons. The molecule has 0 spiro atoms. The maximum absolute atomic E-state index is 14.2. The van der Waals surface area contributed by atoms with Gasteiger partial charge in [0.25, 0.3) is 0 Å². The molecule has 2 rings (SSSR count). The average Bonchev–Trinajstić information content (AvgIpc) is 3.48. The van der Waals surface area contributed by atoms with Crippen molar-refractivity contribution in [2.75, 3.05) is 48.5 Å². The molecule has 4 N–H and O–H groups in total. The van der Waals surface area contributed by atoms with Gasteiger partial charge < -0.3 is 35.6 Å². The number of likely N-dealkylation sites (tertiary alicyclic amines) is 1. The molecule has 1 saturated heterocycles. The molecule has 1 fully saturated rings. The third-order valence-electron chi connectivity index (χ3n) is 10.8. The molecule has 1 aliphatic rings. The van der Waals surface area contributed by atoms with E-state index in [9.17, 15) is 28.0 Å². The molecule has 0 aromatic heterocycles. The number of hydrogen-bond acceptors (Lipinski definition) is 8. The van der Waals surface area contributed by atoms with Gasteiger partial charge in [-0.25, -0.2) is 8.78 Å². The molecule has 1 aromatic carbocycles. The minimum atomic E-state index is -0.796. The van der Waals surface area contributed by atoms with Gasteiger partial charge in [-0.15, -0.1) is 0 Å². The highest BCUT2D eigenvalue weighted by Gasteiger charge is 2.45. The summed E-state index contributed by atoms with van der Waals surface area (Å²) in [7, 11) is 8.36. The first-order chi connectivity index (χ1) is 24.8. The molecule has 2 unspecified atom stereocenters. The maximum Gasteiger partial charge on any atom is 0.245 e. The van der Waals surface area contributed by atoms with Crippen molar-refractivity contribution < 1.29 is 37.4 Å². The molecule has 9 atom stereocenters. The minimum absolute atomic E-state index is 0.0123. The molecule has 1 heterocycles. The van der Waals surface area contributed by atoms with Gasteiger partial charge >= 0.3 is 0 Å². The molecule has 0 bridgehead atoms. The molecule has 53 heavy (non-hydrogen) atoms. The van der Waals surface area contributed by atoms with Crippen molar-refractivity contribution in [3.05, 3.63) is 35.4 Å². The highest BCUT2D eigenvalue weighted by molar-refractivity contribution is 5.90. The first-order valence-corrected chi connectivity index (χ1v) is 18.9. The number of amides is 4. The van der Waals surface area contributed by atoms with Crippen LogP contribution in [0, 0.1) is 35.3 Å². The Bertz CT molecular complexity index is 1340. The van der Waals surface area contributed by atoms with Gasteiger partial charge in [0.15, 0.2) is 0 Å². The Morgan fingerprint density at radius 3 is 2.06 bits per heavy atom. The maximum atomic E-state index is 14.2. The summed E-state index contributed by atoms with van der Waals surface area (Å²) in [5.41, 5.74) is 6.29. The Balaban J connectivity index is 2.26. The van der Waals surface area contributed by atoms with Crippen molar-refractivity contribution in [3.63, 3.8) is 0 Å². The smallest absolute Gasteiger partial charge is 0.245 e. The molecular weight excluding hydrogens is 686 g/mol. The van der Waals surface area contributed by atoms with Gasteiger partial charge in [-0.05, 0) is 56.8 Å². The highest BCUT2D eigenvalue weighted by Crippen LogP contribution is 2.29. The first kappa shape index (κ1) is 46.0. The molecule has 1 aliphatic heterocycles. The fourth-order valence-electron chi connectivity index (χ4n) is 7.71. The molecule has 0 aliphatic carbocycles. The van der Waals surface area contributed by atoms with Crippen LogP contribution in [0.25, 0.3) is 0 Å². The number of carbonyl (C=O) groups excluding carboxylic acids is 4. The van der Waals surface area contributed by atoms with Gasteiger partial charge in [-0.2, -0.15) is 0 Å². The SMILES string of the molecule is CC[C@H](C)C([C@@H](CC(=O)N1C[C@@H](N)C[C@H]1[C@H](OC)[C@@H](C)C(=O)NCCc1c(F)cccc1F)OC)N(C)C(=O)[C@@H](NC(=O)C(C(C)C)N(C)C)C(C)C. The standard InChI is InChI=1S/C39H66F2N6O6/c1-13-24(6)35(46(10)39(51)33(22(2)3)44-38(50)34(23(4)5)45(8)9)31(52-11)20-32(48)47-21-26(42)19-30(47)36(53-12)25(7)37(49)43-18-17-27-28(40)15-14-16-29(27)41/h14-16,22-26,30-31,33-36H,13,17-21,42H2,1-12H3,(H,43,49)(H,44,50)/t24-,25+,26-,30-,31+,33-,34?,35?,36+/m0/s1. The zero-order valence-corrected chi connectivity index (χ0v) is 33.9. The number of benzene rings is 1. The lowest BCUT2D eigenvalue weighted by molar-refractivity contribution is -0.148. The van der Waals surface area contributed by atoms with E-state index in [2.05, 4.69) is 10.6 Å². The van der Waals surface area contributed by atoms with E-state index in [1.54, 1.807) is 23.8 Å². The predicted molar refractivity (Wildman–Crippen MR) is 202 cm³/mol. The monoisotopic (exact) mass is 753 g/mol. The second-order valence-electron chi connectivity index (χ2n) is 15.5. The average molecular weight is 753 g/mol. The van der Waals surface area contributed by atoms with E-state index in [4.69, 9.17) is 15.2 Å². The van der Waals surface area contributed by atoms with Crippen LogP contribution in [0.2, 0.25) is 0 Å². The van der Waals surface area contributed by atoms with Gasteiger partial charge in [-0.1, -0.05) is 61.0 Å². The highest BCUT2D eigenvalue weighted by atomic mass is 19.1. The lowest BCUT2D eigenvalue weighted by Crippen LogP contribution is -2.59. The van der Waals surface area contributed by atoms with E-state index in [1.165, 1.54) is 32.4 Å². The molecule has 14 heteroatoms. The number of hydrogen-bond donors (Lipinski definition) is 3. The Kier molecular flexibility index (Phi) is 18.2. The summed E-state index contributed by atoms with van der Waals surface area (Å²) in [6.45, 7) is 13.7. The van der Waals surface area contributed by atoms with Crippen molar-refractivity contribution in [1.82, 2.24) is 25.3 Å². The number of nitrogens with one attached hydrogen (secondary N) is 2. The fraction of sp³-hybridized carbons (Fsp3) is 0.744. The second kappa shape index (κ2) is 21.0. The summed E-state index contributed by atoms with van der Waals surface area (Å²) < 4.78 is 40.0. The van der Waals surface area contributed by atoms with Gasteiger partial charge in [-0.3, -0.25) is 24.1 Å². The lowest BCUT2D eigenvalue weighted by Gasteiger charge is -2.41. The van der Waals surface area contributed by atoms with E-state index in [-0.39, 0.29) is 78.9 Å². The van der Waals surface area contributed by atoms with Crippen LogP contribution in [0.1, 0.15) is 73.3 Å². The Morgan fingerprint density at radius 2 is 1.57 bits per heavy atom. The van der Waals surface area contributed by atoms with Crippen molar-refractivity contribution in [2.24, 2.45) is 29.4 Å². The molecule has 1 aromatic rings. The van der Waals surface area contributed by atoms with Crippen molar-refractivity contribution >= 4 is 23.6 Å². The Hall–Kier alpha value is -3.20. The van der Waals surface area contributed by atoms with Crippen molar-refractivity contribution in [2.45, 2.75) is 117 Å². The normalized spacial score (nSPS) is 20.2. The summed E-state index contributed by atoms with van der Waals surface area (Å²) in [4.78, 5) is 60.1. The van der Waals surface area contributed by atoms with E-state index in [1.807, 2.05) is 60.5 Å². The zero-order valence-electron chi connectivity index (χ0n) is 33.9. The first-order valence-electron chi connectivity index (χ1n) is 18.9. The summed E-state index contributed by atoms with van der Waals surface area (Å²) >= 11 is 0. The predicted octanol–water partition coefficient (Wildman–Crippen LogP) is 3.21. The van der Waals surface area contributed by atoms with Gasteiger partial charge in [0.05, 0.1) is 42.7 Å². The minimum Gasteiger partial charge on any atom is -0.379 e. The van der Waals surface area contributed by atoms with Crippen molar-refractivity contribution in [3.8, 4) is 0 Å². The summed E-state index contributed by atoms with van der Waals surface area (Å²) in [5, 5.41) is 5.76. The number of nitrogens with two attached hydrogens (primary N) is 1. The van der Waals surface area contributed by atoms with Crippen LogP contribution in [0.3, 0.4) is 0 Å². The number of nitrogens with zero attached hydrogens (tertiary/aromatic N) is 3. The third-order valence-corrected chi connectivity index (χ3v) is 10.8. The number of halogens is 2. The summed E-state index contributed by atoms with van der Waals surface area (Å²) in [5.74, 6) is -3.47. The van der Waals surface area contributed by atoms with Crippen LogP contribution in [0.5, 0.6) is 0 Å². The number of likely N-dealkylation sites (N-methyl/N-ethyl adjacent to an activating group) is 2. The van der Waals surface area contributed by atoms with Crippen LogP contribution in [-0.2, 0) is 35.1 Å². The number of carbonyl (C=O) groups is 4. The number of methoxy groups -OCH3 is 2. The Morgan fingerprint density at radius 1 is 0.962 bits per heavy atom. The second-order valence-corrected chi connectivity index (χ2v) is 15.5. The summed E-state index contributed by atoms with van der Waals surface area (Å²) in [6, 6.07) is 1.02. The van der Waals surface area contributed by atoms with E-state index in [0.29, 0.717) is 12.8 Å². The summed E-state index contributed by atoms with van der Waals surface area (Å²) in [6.07, 6.45) is -0.415. The molecule has 4 amide bonds. The van der Waals surface area contributed by atoms with Gasteiger partial charge in [0.2, 0.25) is 23.6 Å². The topological polar surface area (TPSA) is 147 Å². The fourth-order valence-corrected chi connectivity index (χ4v) is 7.71. The molecule has 12 nitrogen and oxygen atoms in total. The van der Waals surface area contributed by atoms with Crippen molar-refractivity contribution in [1.29, 1.82) is 0 Å². The van der Waals surface area contributed by atoms with Gasteiger partial charge in [0.1, 0.15) is 17.7 Å². The van der Waals surface area contributed by atoms with Crippen LogP contribution in [-0.4, -0.2) is 129 Å². The number of rotatable bonds is 20. The van der Waals surface area contributed by atoms with Crippen LogP contribution in [0.15, 0.2) is 18.2 Å². The zero-order chi connectivity index (χ0) is 40.3. The Labute approximate surface area is 315 Å². The van der Waals surface area contributed by atoms with Gasteiger partial charge in [0, 0.05) is 46.0 Å². The van der Waals surface area contributed by atoms with Crippen LogP contribution >= 0.6 is 0 Å². The largest absolute Gasteiger partial charge is 0.379 e. The third kappa shape index (κ3) is 11.9.